The molecule has 0 radical (unpaired) electrons. The van der Waals surface area contributed by atoms with Crippen LogP contribution in [0.15, 0.2) is 29.1 Å². The van der Waals surface area contributed by atoms with E-state index in [4.69, 9.17) is 23.9 Å². The number of benzene rings is 1. The molecule has 45 heavy (non-hydrogen) atoms. The second kappa shape index (κ2) is 12.5. The van der Waals surface area contributed by atoms with E-state index < -0.39 is 17.7 Å². The number of cyclic esters (lactones) is 1. The largest absolute Gasteiger partial charge is 0.509 e. The van der Waals surface area contributed by atoms with Crippen molar-refractivity contribution in [2.24, 2.45) is 5.92 Å². The highest BCUT2D eigenvalue weighted by molar-refractivity contribution is 8.00. The number of thioether (sulfide) groups is 1. The molecule has 0 N–H and O–H groups in total. The van der Waals surface area contributed by atoms with Gasteiger partial charge in [-0.1, -0.05) is 48.5 Å². The molecular formula is C34H40N2O8S. The van der Waals surface area contributed by atoms with E-state index in [-0.39, 0.29) is 53.9 Å². The van der Waals surface area contributed by atoms with Crippen LogP contribution in [0, 0.1) is 5.92 Å². The van der Waals surface area contributed by atoms with Gasteiger partial charge in [-0.15, -0.1) is 0 Å². The Balaban J connectivity index is 1.54. The van der Waals surface area contributed by atoms with Crippen molar-refractivity contribution in [3.05, 3.63) is 56.9 Å². The fraction of sp³-hybridized carbons (Fsp3) is 0.500. The summed E-state index contributed by atoms with van der Waals surface area (Å²) < 4.78 is 23.8. The van der Waals surface area contributed by atoms with E-state index in [1.807, 2.05) is 26.8 Å². The molecule has 0 aliphatic carbocycles. The molecule has 0 amide bonds. The van der Waals surface area contributed by atoms with Gasteiger partial charge < -0.3 is 23.5 Å². The molecule has 0 spiro atoms. The minimum Gasteiger partial charge on any atom is -0.457 e. The van der Waals surface area contributed by atoms with Gasteiger partial charge in [0.25, 0.3) is 5.56 Å². The third kappa shape index (κ3) is 6.06. The van der Waals surface area contributed by atoms with Crippen LogP contribution in [-0.4, -0.2) is 44.8 Å². The third-order valence-electron chi connectivity index (χ3n) is 8.43. The average molecular weight is 637 g/mol. The van der Waals surface area contributed by atoms with Gasteiger partial charge in [0.2, 0.25) is 5.60 Å². The zero-order valence-corrected chi connectivity index (χ0v) is 27.7. The van der Waals surface area contributed by atoms with Crippen molar-refractivity contribution in [3.8, 4) is 17.1 Å². The van der Waals surface area contributed by atoms with Gasteiger partial charge >= 0.3 is 18.1 Å². The van der Waals surface area contributed by atoms with Gasteiger partial charge in [0, 0.05) is 27.0 Å². The minimum absolute atomic E-state index is 0.00232. The third-order valence-corrected chi connectivity index (χ3v) is 9.66. The Hall–Kier alpha value is -3.86. The van der Waals surface area contributed by atoms with E-state index in [0.29, 0.717) is 46.8 Å². The Morgan fingerprint density at radius 1 is 1.13 bits per heavy atom. The summed E-state index contributed by atoms with van der Waals surface area (Å²) in [6.45, 7) is 13.8. The molecule has 10 nitrogen and oxygen atoms in total. The predicted molar refractivity (Wildman–Crippen MR) is 171 cm³/mol. The van der Waals surface area contributed by atoms with Gasteiger partial charge in [-0.3, -0.25) is 9.59 Å². The molecule has 0 unspecified atom stereocenters. The summed E-state index contributed by atoms with van der Waals surface area (Å²) in [5.41, 5.74) is 2.07. The van der Waals surface area contributed by atoms with Crippen LogP contribution in [0.1, 0.15) is 83.6 Å². The Kier molecular flexibility index (Phi) is 9.04. The molecule has 0 fully saturated rings. The maximum Gasteiger partial charge on any atom is 0.509 e. The molecule has 0 saturated carbocycles. The highest BCUT2D eigenvalue weighted by Crippen LogP contribution is 2.42. The number of esters is 2. The first-order valence-corrected chi connectivity index (χ1v) is 16.4. The number of fused-ring (bicyclic) bond motifs is 5. The van der Waals surface area contributed by atoms with Crippen molar-refractivity contribution in [2.75, 3.05) is 12.4 Å². The molecule has 11 heteroatoms. The SMILES string of the molecule is CCc1c2c(nc3ccc(OC(=O)[C@@H](C)CC)cc13)-c1cc3c(c(=O)n1C2)COC(=O)[C@@]3(CC)OC(=O)OCCSC(C)(C)C. The quantitative estimate of drug-likeness (QED) is 0.118. The summed E-state index contributed by atoms with van der Waals surface area (Å²) in [4.78, 5) is 57.5. The van der Waals surface area contributed by atoms with Crippen LogP contribution in [-0.2, 0) is 49.0 Å². The van der Waals surface area contributed by atoms with Gasteiger partial charge in [0.1, 0.15) is 19.0 Å². The van der Waals surface area contributed by atoms with E-state index in [0.717, 1.165) is 16.5 Å². The van der Waals surface area contributed by atoms with Crippen molar-refractivity contribution < 1.29 is 33.3 Å². The Morgan fingerprint density at radius 2 is 1.89 bits per heavy atom. The van der Waals surface area contributed by atoms with Crippen LogP contribution in [0.3, 0.4) is 0 Å². The Morgan fingerprint density at radius 3 is 2.56 bits per heavy atom. The number of hydrogen-bond acceptors (Lipinski definition) is 10. The molecule has 5 rings (SSSR count). The zero-order valence-electron chi connectivity index (χ0n) is 26.9. The topological polar surface area (TPSA) is 123 Å². The van der Waals surface area contributed by atoms with Gasteiger partial charge in [-0.2, -0.15) is 11.8 Å². The lowest BCUT2D eigenvalue weighted by Crippen LogP contribution is -2.47. The first-order valence-electron chi connectivity index (χ1n) is 15.4. The number of hydrogen-bond donors (Lipinski definition) is 0. The number of aryl methyl sites for hydroxylation is 1. The van der Waals surface area contributed by atoms with Crippen LogP contribution < -0.4 is 10.3 Å². The van der Waals surface area contributed by atoms with E-state index >= 15 is 0 Å². The van der Waals surface area contributed by atoms with Crippen molar-refractivity contribution in [3.63, 3.8) is 0 Å². The maximum atomic E-state index is 13.9. The predicted octanol–water partition coefficient (Wildman–Crippen LogP) is 6.29. The van der Waals surface area contributed by atoms with E-state index in [1.165, 1.54) is 0 Å². The summed E-state index contributed by atoms with van der Waals surface area (Å²) in [6, 6.07) is 7.08. The van der Waals surface area contributed by atoms with Crippen LogP contribution in [0.4, 0.5) is 4.79 Å². The summed E-state index contributed by atoms with van der Waals surface area (Å²) in [6.07, 6.45) is 0.371. The summed E-state index contributed by atoms with van der Waals surface area (Å²) in [7, 11) is 0. The lowest BCUT2D eigenvalue weighted by atomic mass is 9.85. The van der Waals surface area contributed by atoms with Gasteiger partial charge in [0.05, 0.1) is 34.9 Å². The number of pyridine rings is 2. The Labute approximate surface area is 266 Å². The molecule has 0 bridgehead atoms. The highest BCUT2D eigenvalue weighted by atomic mass is 32.2. The second-order valence-corrected chi connectivity index (χ2v) is 14.3. The molecule has 2 aromatic heterocycles. The van der Waals surface area contributed by atoms with Gasteiger partial charge in [-0.25, -0.2) is 14.6 Å². The lowest BCUT2D eigenvalue weighted by Gasteiger charge is -2.35. The fourth-order valence-electron chi connectivity index (χ4n) is 5.79. The van der Waals surface area contributed by atoms with Crippen LogP contribution in [0.25, 0.3) is 22.3 Å². The number of aromatic nitrogens is 2. The molecule has 2 aliphatic heterocycles. The van der Waals surface area contributed by atoms with Crippen LogP contribution in [0.2, 0.25) is 0 Å². The molecule has 4 heterocycles. The number of rotatable bonds is 9. The lowest BCUT2D eigenvalue weighted by molar-refractivity contribution is -0.175. The summed E-state index contributed by atoms with van der Waals surface area (Å²) in [5.74, 6) is -0.259. The summed E-state index contributed by atoms with van der Waals surface area (Å²) >= 11 is 1.64. The minimum atomic E-state index is -1.84. The van der Waals surface area contributed by atoms with E-state index in [9.17, 15) is 19.2 Å². The van der Waals surface area contributed by atoms with Gasteiger partial charge in [-0.05, 0) is 49.1 Å². The van der Waals surface area contributed by atoms with Gasteiger partial charge in [0.15, 0.2) is 0 Å². The number of nitrogens with zero attached hydrogens (tertiary/aromatic N) is 2. The second-order valence-electron chi connectivity index (χ2n) is 12.4. The molecule has 240 valence electrons. The summed E-state index contributed by atoms with van der Waals surface area (Å²) in [5, 5.41) is 0.841. The first kappa shape index (κ1) is 32.5. The normalized spacial score (nSPS) is 17.6. The smallest absolute Gasteiger partial charge is 0.457 e. The van der Waals surface area contributed by atoms with Crippen LogP contribution in [0.5, 0.6) is 5.75 Å². The molecule has 2 aliphatic rings. The van der Waals surface area contributed by atoms with Crippen molar-refractivity contribution in [1.82, 2.24) is 9.55 Å². The van der Waals surface area contributed by atoms with Crippen molar-refractivity contribution in [1.29, 1.82) is 0 Å². The Bertz CT molecular complexity index is 1740. The van der Waals surface area contributed by atoms with Crippen molar-refractivity contribution in [2.45, 2.75) is 91.2 Å². The molecular weight excluding hydrogens is 596 g/mol. The average Bonchev–Trinajstić information content (AvgIpc) is 3.37. The number of carbonyl (C=O) groups is 3. The number of carbonyl (C=O) groups excluding carboxylic acids is 3. The monoisotopic (exact) mass is 636 g/mol. The molecule has 2 atom stereocenters. The fourth-order valence-corrected chi connectivity index (χ4v) is 6.57. The highest BCUT2D eigenvalue weighted by Gasteiger charge is 2.51. The molecule has 3 aromatic rings. The van der Waals surface area contributed by atoms with E-state index in [2.05, 4.69) is 20.8 Å². The maximum absolute atomic E-state index is 13.9. The van der Waals surface area contributed by atoms with Crippen LogP contribution >= 0.6 is 11.8 Å². The standard InChI is InChI=1S/C34H40N2O8S/c1-8-19(4)30(38)43-20-11-12-26-22(15-20)21(9-2)23-17-36-27(28(23)35-26)16-25-24(29(36)37)18-42-31(39)34(25,10-3)44-32(40)41-13-14-45-33(5,6)7/h11-12,15-16,19H,8-10,13-14,17-18H2,1-7H3/t19-,34-/m0/s1. The zero-order chi connectivity index (χ0) is 32.7. The molecule has 0 saturated heterocycles. The van der Waals surface area contributed by atoms with E-state index in [1.54, 1.807) is 41.5 Å². The first-order chi connectivity index (χ1) is 21.3. The molecule has 1 aromatic carbocycles. The number of ether oxygens (including phenoxy) is 4. The van der Waals surface area contributed by atoms with Crippen molar-refractivity contribution >= 4 is 40.8 Å².